The van der Waals surface area contributed by atoms with Crippen LogP contribution >= 0.6 is 11.6 Å². The van der Waals surface area contributed by atoms with Crippen molar-refractivity contribution in [2.75, 3.05) is 18.5 Å². The van der Waals surface area contributed by atoms with Crippen LogP contribution in [0.25, 0.3) is 0 Å². The number of carbonyl (C=O) groups is 1. The van der Waals surface area contributed by atoms with E-state index in [1.165, 1.54) is 18.2 Å². The summed E-state index contributed by atoms with van der Waals surface area (Å²) in [4.78, 5) is 23.9. The number of anilines is 1. The molecule has 7 heteroatoms. The van der Waals surface area contributed by atoms with Crippen LogP contribution in [0.15, 0.2) is 54.7 Å². The molecule has 0 saturated carbocycles. The molecule has 1 aromatic carbocycles. The standard InChI is InChI=1S/C19H21ClN2O4/c1-3-5-14(6-4-2)19(9-11-26-12-10-19)18(23)21-16-8-7-15(20)13-17(16)22(24)25/h3-8,13H,1,9-12H2,2H3,(H,21,23). The van der Waals surface area contributed by atoms with Gasteiger partial charge in [-0.1, -0.05) is 42.5 Å². The van der Waals surface area contributed by atoms with Gasteiger partial charge in [0.15, 0.2) is 0 Å². The molecule has 0 unspecified atom stereocenters. The lowest BCUT2D eigenvalue weighted by Crippen LogP contribution is -2.42. The van der Waals surface area contributed by atoms with Gasteiger partial charge in [-0.15, -0.1) is 0 Å². The molecule has 0 radical (unpaired) electrons. The van der Waals surface area contributed by atoms with Crippen LogP contribution in [-0.2, 0) is 9.53 Å². The number of nitro groups is 1. The predicted molar refractivity (Wildman–Crippen MR) is 102 cm³/mol. The molecule has 138 valence electrons. The van der Waals surface area contributed by atoms with Crippen LogP contribution in [0.2, 0.25) is 5.02 Å². The van der Waals surface area contributed by atoms with E-state index in [0.29, 0.717) is 26.1 Å². The number of hydrogen-bond acceptors (Lipinski definition) is 4. The number of nitro benzene ring substituents is 1. The zero-order chi connectivity index (χ0) is 19.2. The van der Waals surface area contributed by atoms with Crippen LogP contribution in [0.4, 0.5) is 11.4 Å². The Bertz CT molecular complexity index is 765. The predicted octanol–water partition coefficient (Wildman–Crippen LogP) is 4.67. The number of ether oxygens (including phenoxy) is 1. The number of rotatable bonds is 6. The van der Waals surface area contributed by atoms with Crippen LogP contribution in [-0.4, -0.2) is 24.0 Å². The lowest BCUT2D eigenvalue weighted by molar-refractivity contribution is -0.383. The van der Waals surface area contributed by atoms with E-state index in [-0.39, 0.29) is 22.3 Å². The molecule has 1 heterocycles. The van der Waals surface area contributed by atoms with Crippen molar-refractivity contribution in [3.63, 3.8) is 0 Å². The number of allylic oxidation sites excluding steroid dienone is 4. The van der Waals surface area contributed by atoms with E-state index >= 15 is 0 Å². The van der Waals surface area contributed by atoms with E-state index in [4.69, 9.17) is 16.3 Å². The van der Waals surface area contributed by atoms with E-state index < -0.39 is 10.3 Å². The molecule has 2 rings (SSSR count). The van der Waals surface area contributed by atoms with Gasteiger partial charge < -0.3 is 10.1 Å². The van der Waals surface area contributed by atoms with E-state index in [0.717, 1.165) is 5.57 Å². The fourth-order valence-corrected chi connectivity index (χ4v) is 3.22. The summed E-state index contributed by atoms with van der Waals surface area (Å²) in [5, 5.41) is 14.2. The maximum Gasteiger partial charge on any atom is 0.294 e. The third-order valence-electron chi connectivity index (χ3n) is 4.38. The lowest BCUT2D eigenvalue weighted by Gasteiger charge is -2.37. The van der Waals surface area contributed by atoms with Gasteiger partial charge in [0.2, 0.25) is 5.91 Å². The first-order valence-electron chi connectivity index (χ1n) is 8.23. The van der Waals surface area contributed by atoms with Crippen molar-refractivity contribution in [1.82, 2.24) is 0 Å². The largest absolute Gasteiger partial charge is 0.381 e. The fraction of sp³-hybridized carbons (Fsp3) is 0.316. The molecule has 1 aromatic rings. The maximum absolute atomic E-state index is 13.2. The average molecular weight is 377 g/mol. The Kier molecular flexibility index (Phi) is 6.71. The van der Waals surface area contributed by atoms with Gasteiger partial charge in [-0.05, 0) is 37.5 Å². The lowest BCUT2D eigenvalue weighted by atomic mass is 9.72. The Balaban J connectivity index is 2.44. The number of nitrogens with one attached hydrogen (secondary N) is 1. The maximum atomic E-state index is 13.2. The summed E-state index contributed by atoms with van der Waals surface area (Å²) >= 11 is 5.84. The van der Waals surface area contributed by atoms with Crippen LogP contribution < -0.4 is 5.32 Å². The summed E-state index contributed by atoms with van der Waals surface area (Å²) in [6, 6.07) is 4.17. The monoisotopic (exact) mass is 376 g/mol. The minimum Gasteiger partial charge on any atom is -0.381 e. The van der Waals surface area contributed by atoms with Gasteiger partial charge in [0.25, 0.3) is 5.69 Å². The van der Waals surface area contributed by atoms with E-state index in [1.807, 2.05) is 19.1 Å². The zero-order valence-corrected chi connectivity index (χ0v) is 15.3. The summed E-state index contributed by atoms with van der Waals surface area (Å²) in [7, 11) is 0. The molecule has 26 heavy (non-hydrogen) atoms. The van der Waals surface area contributed by atoms with Gasteiger partial charge in [-0.3, -0.25) is 14.9 Å². The highest BCUT2D eigenvalue weighted by molar-refractivity contribution is 6.31. The summed E-state index contributed by atoms with van der Waals surface area (Å²) in [6.07, 6.45) is 8.09. The molecule has 1 saturated heterocycles. The smallest absolute Gasteiger partial charge is 0.294 e. The third kappa shape index (κ3) is 4.20. The van der Waals surface area contributed by atoms with Gasteiger partial charge in [-0.25, -0.2) is 0 Å². The van der Waals surface area contributed by atoms with Crippen molar-refractivity contribution in [1.29, 1.82) is 0 Å². The fourth-order valence-electron chi connectivity index (χ4n) is 3.05. The van der Waals surface area contributed by atoms with Crippen LogP contribution in [0, 0.1) is 15.5 Å². The Morgan fingerprint density at radius 1 is 1.42 bits per heavy atom. The number of nitrogens with zero attached hydrogens (tertiary/aromatic N) is 1. The number of carbonyl (C=O) groups excluding carboxylic acids is 1. The first-order valence-corrected chi connectivity index (χ1v) is 8.61. The van der Waals surface area contributed by atoms with Gasteiger partial charge in [-0.2, -0.15) is 0 Å². The molecule has 0 aromatic heterocycles. The number of amides is 1. The van der Waals surface area contributed by atoms with E-state index in [9.17, 15) is 14.9 Å². The van der Waals surface area contributed by atoms with Crippen molar-refractivity contribution in [3.8, 4) is 0 Å². The van der Waals surface area contributed by atoms with Crippen molar-refractivity contribution in [3.05, 3.63) is 69.8 Å². The van der Waals surface area contributed by atoms with E-state index in [1.54, 1.807) is 12.2 Å². The Hall–Kier alpha value is -2.44. The first-order chi connectivity index (χ1) is 12.4. The summed E-state index contributed by atoms with van der Waals surface area (Å²) in [5.74, 6) is -0.308. The van der Waals surface area contributed by atoms with Gasteiger partial charge in [0.05, 0.1) is 10.3 Å². The molecule has 1 fully saturated rings. The Labute approximate surface area is 157 Å². The molecular weight excluding hydrogens is 356 g/mol. The molecule has 1 N–H and O–H groups in total. The Morgan fingerprint density at radius 2 is 2.12 bits per heavy atom. The minimum absolute atomic E-state index is 0.119. The van der Waals surface area contributed by atoms with Gasteiger partial charge in [0.1, 0.15) is 5.69 Å². The highest BCUT2D eigenvalue weighted by atomic mass is 35.5. The first kappa shape index (κ1) is 19.9. The van der Waals surface area contributed by atoms with Crippen molar-refractivity contribution < 1.29 is 14.5 Å². The SMILES string of the molecule is C=CC=C(C=CC)C1(C(=O)Nc2ccc(Cl)cc2[N+](=O)[O-])CCOCC1. The highest BCUT2D eigenvalue weighted by Gasteiger charge is 2.42. The molecule has 0 bridgehead atoms. The number of benzene rings is 1. The van der Waals surface area contributed by atoms with Crippen molar-refractivity contribution in [2.45, 2.75) is 19.8 Å². The molecule has 1 aliphatic rings. The Morgan fingerprint density at radius 3 is 2.69 bits per heavy atom. The number of halogens is 1. The second kappa shape index (κ2) is 8.78. The minimum atomic E-state index is -0.841. The normalized spacial score (nSPS) is 17.1. The highest BCUT2D eigenvalue weighted by Crippen LogP contribution is 2.41. The summed E-state index contributed by atoms with van der Waals surface area (Å²) in [5.41, 5.74) is -0.165. The summed E-state index contributed by atoms with van der Waals surface area (Å²) < 4.78 is 5.43. The summed E-state index contributed by atoms with van der Waals surface area (Å²) in [6.45, 7) is 6.45. The molecule has 1 aliphatic heterocycles. The number of hydrogen-bond donors (Lipinski definition) is 1. The second-order valence-electron chi connectivity index (χ2n) is 5.92. The topological polar surface area (TPSA) is 81.5 Å². The van der Waals surface area contributed by atoms with Gasteiger partial charge in [0, 0.05) is 24.3 Å². The molecule has 0 spiro atoms. The quantitative estimate of drug-likeness (QED) is 0.444. The van der Waals surface area contributed by atoms with E-state index in [2.05, 4.69) is 11.9 Å². The second-order valence-corrected chi connectivity index (χ2v) is 6.36. The molecule has 6 nitrogen and oxygen atoms in total. The molecular formula is C19H21ClN2O4. The molecule has 0 atom stereocenters. The van der Waals surface area contributed by atoms with Crippen molar-refractivity contribution >= 4 is 28.9 Å². The average Bonchev–Trinajstić information content (AvgIpc) is 2.63. The van der Waals surface area contributed by atoms with Crippen LogP contribution in [0.1, 0.15) is 19.8 Å². The zero-order valence-electron chi connectivity index (χ0n) is 14.5. The third-order valence-corrected chi connectivity index (χ3v) is 4.62. The van der Waals surface area contributed by atoms with Crippen LogP contribution in [0.3, 0.4) is 0 Å². The van der Waals surface area contributed by atoms with Gasteiger partial charge >= 0.3 is 0 Å². The van der Waals surface area contributed by atoms with Crippen molar-refractivity contribution in [2.24, 2.45) is 5.41 Å². The molecule has 1 amide bonds. The van der Waals surface area contributed by atoms with Crippen LogP contribution in [0.5, 0.6) is 0 Å². The molecule has 0 aliphatic carbocycles.